The minimum absolute atomic E-state index is 0.224. The Morgan fingerprint density at radius 1 is 1.44 bits per heavy atom. The van der Waals surface area contributed by atoms with Gasteiger partial charge in [-0.25, -0.2) is 4.79 Å². The van der Waals surface area contributed by atoms with Crippen LogP contribution < -0.4 is 0 Å². The van der Waals surface area contributed by atoms with Crippen LogP contribution in [0, 0.1) is 11.8 Å². The van der Waals surface area contributed by atoms with Crippen LogP contribution in [0.2, 0.25) is 0 Å². The maximum Gasteiger partial charge on any atom is 0.411 e. The minimum atomic E-state index is -0.614. The third-order valence-corrected chi connectivity index (χ3v) is 4.04. The molecule has 1 amide bonds. The van der Waals surface area contributed by atoms with Crippen molar-refractivity contribution in [2.45, 2.75) is 58.2 Å². The van der Waals surface area contributed by atoms with E-state index in [0.717, 1.165) is 17.5 Å². The number of ether oxygens (including phenoxy) is 1. The molecule has 0 heterocycles. The first-order valence-electron chi connectivity index (χ1n) is 8.38. The van der Waals surface area contributed by atoms with Gasteiger partial charge in [-0.1, -0.05) is 35.3 Å². The van der Waals surface area contributed by atoms with Gasteiger partial charge in [0, 0.05) is 4.91 Å². The molecule has 0 saturated carbocycles. The van der Waals surface area contributed by atoms with Crippen molar-refractivity contribution >= 4 is 6.09 Å². The fraction of sp³-hybridized carbons (Fsp3) is 0.526. The molecular formula is C19H24N4O2. The van der Waals surface area contributed by atoms with E-state index in [2.05, 4.69) is 21.9 Å². The number of aryl methyl sites for hydroxylation is 1. The van der Waals surface area contributed by atoms with E-state index in [1.54, 1.807) is 11.8 Å². The van der Waals surface area contributed by atoms with E-state index >= 15 is 0 Å². The molecule has 1 aliphatic carbocycles. The zero-order valence-electron chi connectivity index (χ0n) is 15.2. The highest BCUT2D eigenvalue weighted by atomic mass is 16.6. The molecule has 1 aliphatic rings. The van der Waals surface area contributed by atoms with Gasteiger partial charge in [0.1, 0.15) is 5.60 Å². The highest BCUT2D eigenvalue weighted by molar-refractivity contribution is 5.69. The lowest BCUT2D eigenvalue weighted by atomic mass is 9.83. The molecule has 0 bridgehead atoms. The van der Waals surface area contributed by atoms with Crippen LogP contribution in [0.4, 0.5) is 4.79 Å². The van der Waals surface area contributed by atoms with E-state index in [9.17, 15) is 4.79 Å². The Bertz CT molecular complexity index is 736. The van der Waals surface area contributed by atoms with Crippen molar-refractivity contribution in [2.75, 3.05) is 6.54 Å². The zero-order valence-corrected chi connectivity index (χ0v) is 15.2. The molecule has 132 valence electrons. The van der Waals surface area contributed by atoms with Gasteiger partial charge >= 0.3 is 6.09 Å². The van der Waals surface area contributed by atoms with Gasteiger partial charge in [-0.05, 0) is 57.2 Å². The molecule has 2 atom stereocenters. The van der Waals surface area contributed by atoms with E-state index < -0.39 is 11.7 Å². The summed E-state index contributed by atoms with van der Waals surface area (Å²) in [4.78, 5) is 17.4. The van der Waals surface area contributed by atoms with Crippen molar-refractivity contribution in [2.24, 2.45) is 5.11 Å². The number of hydrogen-bond acceptors (Lipinski definition) is 3. The Labute approximate surface area is 148 Å². The average Bonchev–Trinajstić information content (AvgIpc) is 2.55. The van der Waals surface area contributed by atoms with Crippen molar-refractivity contribution in [3.63, 3.8) is 0 Å². The Morgan fingerprint density at radius 2 is 2.16 bits per heavy atom. The van der Waals surface area contributed by atoms with Crippen LogP contribution in [0.1, 0.15) is 51.3 Å². The highest BCUT2D eigenvalue weighted by Gasteiger charge is 2.37. The lowest BCUT2D eigenvalue weighted by molar-refractivity contribution is 0.0153. The number of nitrogens with zero attached hydrogens (tertiary/aromatic N) is 4. The summed E-state index contributed by atoms with van der Waals surface area (Å²) >= 11 is 0. The number of carbonyl (C=O) groups excluding carboxylic acids is 1. The predicted molar refractivity (Wildman–Crippen MR) is 96.8 cm³/mol. The quantitative estimate of drug-likeness (QED) is 0.348. The Balaban J connectivity index is 2.48. The number of rotatable bonds is 3. The smallest absolute Gasteiger partial charge is 0.411 e. The van der Waals surface area contributed by atoms with E-state index in [1.165, 1.54) is 0 Å². The second kappa shape index (κ2) is 7.96. The fourth-order valence-electron chi connectivity index (χ4n) is 3.04. The molecule has 0 aromatic heterocycles. The molecule has 6 nitrogen and oxygen atoms in total. The number of hydrogen-bond donors (Lipinski definition) is 0. The molecule has 1 aromatic rings. The zero-order chi connectivity index (χ0) is 18.4. The molecule has 0 aliphatic heterocycles. The monoisotopic (exact) mass is 340 g/mol. The summed E-state index contributed by atoms with van der Waals surface area (Å²) in [5.74, 6) is 5.77. The summed E-state index contributed by atoms with van der Waals surface area (Å²) in [6.07, 6.45) is 1.05. The van der Waals surface area contributed by atoms with Crippen molar-refractivity contribution in [1.82, 2.24) is 4.90 Å². The lowest BCUT2D eigenvalue weighted by Crippen LogP contribution is -2.45. The van der Waals surface area contributed by atoms with E-state index in [1.807, 2.05) is 45.0 Å². The summed E-state index contributed by atoms with van der Waals surface area (Å²) in [7, 11) is 0. The van der Waals surface area contributed by atoms with Gasteiger partial charge in [-0.15, -0.1) is 5.92 Å². The van der Waals surface area contributed by atoms with Crippen LogP contribution in [0.15, 0.2) is 29.4 Å². The average molecular weight is 340 g/mol. The van der Waals surface area contributed by atoms with Gasteiger partial charge in [0.2, 0.25) is 0 Å². The first-order chi connectivity index (χ1) is 11.9. The number of azide groups is 1. The van der Waals surface area contributed by atoms with Gasteiger partial charge in [-0.3, -0.25) is 4.90 Å². The molecule has 0 saturated heterocycles. The van der Waals surface area contributed by atoms with Gasteiger partial charge in [0.25, 0.3) is 0 Å². The van der Waals surface area contributed by atoms with Gasteiger partial charge in [0.05, 0.1) is 18.6 Å². The van der Waals surface area contributed by atoms with Crippen LogP contribution in [0.3, 0.4) is 0 Å². The molecule has 0 radical (unpaired) electrons. The Morgan fingerprint density at radius 3 is 2.80 bits per heavy atom. The lowest BCUT2D eigenvalue weighted by Gasteiger charge is -2.39. The van der Waals surface area contributed by atoms with E-state index in [4.69, 9.17) is 10.3 Å². The summed E-state index contributed by atoms with van der Waals surface area (Å²) in [5, 5.41) is 3.95. The molecule has 25 heavy (non-hydrogen) atoms. The molecule has 2 rings (SSSR count). The van der Waals surface area contributed by atoms with Crippen LogP contribution in [-0.2, 0) is 11.2 Å². The maximum atomic E-state index is 12.8. The van der Waals surface area contributed by atoms with Crippen LogP contribution in [-0.4, -0.2) is 29.2 Å². The first-order valence-corrected chi connectivity index (χ1v) is 8.38. The molecule has 0 spiro atoms. The van der Waals surface area contributed by atoms with Crippen molar-refractivity contribution in [3.8, 4) is 11.8 Å². The molecular weight excluding hydrogens is 316 g/mol. The molecule has 1 aromatic carbocycles. The normalized spacial score (nSPS) is 18.9. The van der Waals surface area contributed by atoms with Crippen LogP contribution in [0.5, 0.6) is 0 Å². The van der Waals surface area contributed by atoms with Crippen LogP contribution in [0.25, 0.3) is 10.4 Å². The number of fused-ring (bicyclic) bond motifs is 1. The second-order valence-corrected chi connectivity index (χ2v) is 6.99. The van der Waals surface area contributed by atoms with Gasteiger partial charge in [-0.2, -0.15) is 0 Å². The topological polar surface area (TPSA) is 78.3 Å². The summed E-state index contributed by atoms with van der Waals surface area (Å²) < 4.78 is 5.58. The Hall–Kier alpha value is -2.64. The highest BCUT2D eigenvalue weighted by Crippen LogP contribution is 2.37. The van der Waals surface area contributed by atoms with Gasteiger partial charge < -0.3 is 4.74 Å². The third-order valence-electron chi connectivity index (χ3n) is 4.04. The van der Waals surface area contributed by atoms with Crippen LogP contribution >= 0.6 is 0 Å². The largest absolute Gasteiger partial charge is 0.444 e. The molecule has 0 N–H and O–H groups in total. The minimum Gasteiger partial charge on any atom is -0.444 e. The van der Waals surface area contributed by atoms with Crippen molar-refractivity contribution in [1.29, 1.82) is 0 Å². The molecule has 6 heteroatoms. The molecule has 0 fully saturated rings. The first kappa shape index (κ1) is 18.7. The number of benzene rings is 1. The Kier molecular flexibility index (Phi) is 5.95. The molecule has 0 unspecified atom stereocenters. The summed E-state index contributed by atoms with van der Waals surface area (Å²) in [6.45, 7) is 7.44. The van der Waals surface area contributed by atoms with Crippen molar-refractivity contribution in [3.05, 3.63) is 45.8 Å². The van der Waals surface area contributed by atoms with E-state index in [0.29, 0.717) is 6.42 Å². The third kappa shape index (κ3) is 4.68. The van der Waals surface area contributed by atoms with Gasteiger partial charge in [0.15, 0.2) is 0 Å². The fourth-order valence-corrected chi connectivity index (χ4v) is 3.04. The van der Waals surface area contributed by atoms with E-state index in [-0.39, 0.29) is 18.6 Å². The predicted octanol–water partition coefficient (Wildman–Crippen LogP) is 4.61. The van der Waals surface area contributed by atoms with Crippen molar-refractivity contribution < 1.29 is 9.53 Å². The maximum absolute atomic E-state index is 12.8. The second-order valence-electron chi connectivity index (χ2n) is 6.99. The number of carbonyl (C=O) groups is 1. The summed E-state index contributed by atoms with van der Waals surface area (Å²) in [6, 6.07) is 7.22. The number of amides is 1. The standard InChI is InChI=1S/C19H24N4O2/c1-5-6-13-23(18(24)25-19(2,3)4)17-15-10-8-7-9-14(15)11-12-16(17)21-22-20/h7-10,16-17H,11-13H2,1-4H3/t16-,17+/m0/s1. The SMILES string of the molecule is CC#CCN(C(=O)OC(C)(C)C)[C@@H]1c2ccccc2CC[C@@H]1N=[N+]=[N-]. The summed E-state index contributed by atoms with van der Waals surface area (Å²) in [5.41, 5.74) is 10.5.